The Bertz CT molecular complexity index is 590. The van der Waals surface area contributed by atoms with Gasteiger partial charge < -0.3 is 19.9 Å². The zero-order chi connectivity index (χ0) is 18.5. The lowest BCUT2D eigenvalue weighted by atomic mass is 10.0. The molecule has 1 unspecified atom stereocenters. The lowest BCUT2D eigenvalue weighted by molar-refractivity contribution is 0.183. The normalized spacial score (nSPS) is 24.1. The van der Waals surface area contributed by atoms with Crippen molar-refractivity contribution in [1.82, 2.24) is 15.3 Å². The fourth-order valence-corrected chi connectivity index (χ4v) is 4.58. The number of piperidine rings is 1. The van der Waals surface area contributed by atoms with Crippen molar-refractivity contribution in [3.05, 3.63) is 11.8 Å². The van der Waals surface area contributed by atoms with E-state index in [0.29, 0.717) is 6.04 Å². The van der Waals surface area contributed by atoms with Crippen molar-refractivity contribution < 1.29 is 4.74 Å². The number of nitrogens with one attached hydrogen (secondary N) is 1. The van der Waals surface area contributed by atoms with Crippen LogP contribution in [0, 0.1) is 12.8 Å². The minimum atomic E-state index is 0.655. The van der Waals surface area contributed by atoms with Crippen LogP contribution in [0.5, 0.6) is 0 Å². The number of rotatable bonds is 7. The van der Waals surface area contributed by atoms with E-state index in [0.717, 1.165) is 69.3 Å². The molecule has 150 valence electrons. The van der Waals surface area contributed by atoms with Gasteiger partial charge in [-0.2, -0.15) is 4.98 Å². The lowest BCUT2D eigenvalue weighted by Crippen LogP contribution is -2.43. The zero-order valence-corrected chi connectivity index (χ0v) is 16.8. The lowest BCUT2D eigenvalue weighted by Gasteiger charge is -2.34. The summed E-state index contributed by atoms with van der Waals surface area (Å²) < 4.78 is 5.47. The predicted molar refractivity (Wildman–Crippen MR) is 110 cm³/mol. The zero-order valence-electron chi connectivity index (χ0n) is 16.8. The molecule has 0 radical (unpaired) electrons. The number of hydrogen-bond donors (Lipinski definition) is 1. The summed E-state index contributed by atoms with van der Waals surface area (Å²) in [7, 11) is 0. The van der Waals surface area contributed by atoms with E-state index in [1.807, 2.05) is 0 Å². The molecule has 0 bridgehead atoms. The molecular weight excluding hydrogens is 338 g/mol. The summed E-state index contributed by atoms with van der Waals surface area (Å²) in [5.41, 5.74) is 1.08. The second-order valence-electron chi connectivity index (χ2n) is 8.45. The maximum Gasteiger partial charge on any atom is 0.227 e. The summed E-state index contributed by atoms with van der Waals surface area (Å²) in [5.74, 6) is 2.85. The van der Waals surface area contributed by atoms with Crippen LogP contribution in [0.25, 0.3) is 0 Å². The topological polar surface area (TPSA) is 53.5 Å². The van der Waals surface area contributed by atoms with Crippen molar-refractivity contribution in [2.45, 2.75) is 57.9 Å². The van der Waals surface area contributed by atoms with E-state index < -0.39 is 0 Å². The third-order valence-corrected chi connectivity index (χ3v) is 6.28. The first-order valence-corrected chi connectivity index (χ1v) is 10.9. The van der Waals surface area contributed by atoms with Gasteiger partial charge in [0.2, 0.25) is 5.95 Å². The molecule has 4 heterocycles. The van der Waals surface area contributed by atoms with Gasteiger partial charge in [0.05, 0.1) is 0 Å². The molecule has 3 saturated heterocycles. The predicted octanol–water partition coefficient (Wildman–Crippen LogP) is 2.76. The summed E-state index contributed by atoms with van der Waals surface area (Å²) in [6.45, 7) is 9.56. The second-order valence-corrected chi connectivity index (χ2v) is 8.45. The van der Waals surface area contributed by atoms with E-state index in [-0.39, 0.29) is 0 Å². The van der Waals surface area contributed by atoms with Crippen molar-refractivity contribution in [2.75, 3.05) is 55.7 Å². The van der Waals surface area contributed by atoms with Gasteiger partial charge in [-0.25, -0.2) is 4.98 Å². The highest BCUT2D eigenvalue weighted by molar-refractivity contribution is 5.46. The summed E-state index contributed by atoms with van der Waals surface area (Å²) in [6.07, 6.45) is 8.78. The minimum Gasteiger partial charge on any atom is -0.381 e. The minimum absolute atomic E-state index is 0.655. The summed E-state index contributed by atoms with van der Waals surface area (Å²) in [5, 5.41) is 3.78. The standard InChI is InChI=1S/C21H35N5O/c1-17-15-20(24-21(23-17)26-10-2-3-11-26)25-12-6-19(7-13-25)22-9-4-5-18-8-14-27-16-18/h15,18-19,22H,2-14,16H2,1H3. The van der Waals surface area contributed by atoms with Gasteiger partial charge in [-0.05, 0) is 64.3 Å². The van der Waals surface area contributed by atoms with Crippen LogP contribution in [0.2, 0.25) is 0 Å². The van der Waals surface area contributed by atoms with Gasteiger partial charge in [-0.3, -0.25) is 0 Å². The smallest absolute Gasteiger partial charge is 0.227 e. The molecule has 3 aliphatic rings. The van der Waals surface area contributed by atoms with Crippen LogP contribution in [0.15, 0.2) is 6.07 Å². The van der Waals surface area contributed by atoms with Crippen molar-refractivity contribution in [3.63, 3.8) is 0 Å². The molecule has 1 aromatic rings. The van der Waals surface area contributed by atoms with E-state index in [1.165, 1.54) is 44.9 Å². The fraction of sp³-hybridized carbons (Fsp3) is 0.810. The highest BCUT2D eigenvalue weighted by Gasteiger charge is 2.22. The molecule has 1 N–H and O–H groups in total. The van der Waals surface area contributed by atoms with Crippen LogP contribution in [0.1, 0.15) is 50.6 Å². The van der Waals surface area contributed by atoms with E-state index >= 15 is 0 Å². The number of ether oxygens (including phenoxy) is 1. The molecule has 0 aliphatic carbocycles. The summed E-state index contributed by atoms with van der Waals surface area (Å²) in [4.78, 5) is 14.3. The van der Waals surface area contributed by atoms with Gasteiger partial charge in [0.15, 0.2) is 0 Å². The second kappa shape index (κ2) is 9.20. The Morgan fingerprint density at radius 3 is 2.63 bits per heavy atom. The van der Waals surface area contributed by atoms with Gasteiger partial charge in [0.1, 0.15) is 5.82 Å². The third-order valence-electron chi connectivity index (χ3n) is 6.28. The van der Waals surface area contributed by atoms with Crippen LogP contribution in [-0.2, 0) is 4.74 Å². The van der Waals surface area contributed by atoms with Gasteiger partial charge in [0, 0.05) is 57.2 Å². The first kappa shape index (κ1) is 18.9. The summed E-state index contributed by atoms with van der Waals surface area (Å²) in [6, 6.07) is 2.80. The Morgan fingerprint density at radius 1 is 1.07 bits per heavy atom. The highest BCUT2D eigenvalue weighted by Crippen LogP contribution is 2.23. The Balaban J connectivity index is 1.22. The molecule has 6 nitrogen and oxygen atoms in total. The van der Waals surface area contributed by atoms with Crippen LogP contribution >= 0.6 is 0 Å². The van der Waals surface area contributed by atoms with Crippen LogP contribution in [0.3, 0.4) is 0 Å². The molecule has 1 atom stereocenters. The average molecular weight is 374 g/mol. The maximum atomic E-state index is 5.47. The number of aromatic nitrogens is 2. The fourth-order valence-electron chi connectivity index (χ4n) is 4.58. The van der Waals surface area contributed by atoms with E-state index in [4.69, 9.17) is 9.72 Å². The first-order chi connectivity index (χ1) is 13.3. The van der Waals surface area contributed by atoms with Gasteiger partial charge in [0.25, 0.3) is 0 Å². The van der Waals surface area contributed by atoms with Crippen molar-refractivity contribution >= 4 is 11.8 Å². The van der Waals surface area contributed by atoms with Crippen LogP contribution < -0.4 is 15.1 Å². The Labute approximate surface area is 163 Å². The van der Waals surface area contributed by atoms with Gasteiger partial charge in [-0.1, -0.05) is 0 Å². The Hall–Kier alpha value is -1.40. The van der Waals surface area contributed by atoms with Crippen molar-refractivity contribution in [2.24, 2.45) is 5.92 Å². The molecule has 0 amide bonds. The van der Waals surface area contributed by atoms with Gasteiger partial charge in [-0.15, -0.1) is 0 Å². The number of nitrogens with zero attached hydrogens (tertiary/aromatic N) is 4. The maximum absolute atomic E-state index is 5.47. The Morgan fingerprint density at radius 2 is 1.89 bits per heavy atom. The molecule has 3 fully saturated rings. The molecule has 1 aromatic heterocycles. The molecule has 0 aromatic carbocycles. The van der Waals surface area contributed by atoms with Crippen molar-refractivity contribution in [1.29, 1.82) is 0 Å². The molecule has 6 heteroatoms. The van der Waals surface area contributed by atoms with Crippen molar-refractivity contribution in [3.8, 4) is 0 Å². The molecule has 27 heavy (non-hydrogen) atoms. The third kappa shape index (κ3) is 5.11. The highest BCUT2D eigenvalue weighted by atomic mass is 16.5. The van der Waals surface area contributed by atoms with Gasteiger partial charge >= 0.3 is 0 Å². The van der Waals surface area contributed by atoms with Crippen LogP contribution in [-0.4, -0.2) is 61.9 Å². The first-order valence-electron chi connectivity index (χ1n) is 10.9. The average Bonchev–Trinajstić information content (AvgIpc) is 3.39. The SMILES string of the molecule is Cc1cc(N2CCC(NCCCC3CCOC3)CC2)nc(N2CCCC2)n1. The largest absolute Gasteiger partial charge is 0.381 e. The molecule has 4 rings (SSSR count). The quantitative estimate of drug-likeness (QED) is 0.742. The number of hydrogen-bond acceptors (Lipinski definition) is 6. The molecule has 3 aliphatic heterocycles. The van der Waals surface area contributed by atoms with E-state index in [1.54, 1.807) is 0 Å². The summed E-state index contributed by atoms with van der Waals surface area (Å²) >= 11 is 0. The Kier molecular flexibility index (Phi) is 6.45. The van der Waals surface area contributed by atoms with E-state index in [9.17, 15) is 0 Å². The van der Waals surface area contributed by atoms with E-state index in [2.05, 4.69) is 33.1 Å². The van der Waals surface area contributed by atoms with Crippen LogP contribution in [0.4, 0.5) is 11.8 Å². The number of anilines is 2. The molecule has 0 saturated carbocycles. The molecular formula is C21H35N5O. The monoisotopic (exact) mass is 373 g/mol. The molecule has 0 spiro atoms. The number of aryl methyl sites for hydroxylation is 1.